The van der Waals surface area contributed by atoms with E-state index >= 15 is 0 Å². The fourth-order valence-electron chi connectivity index (χ4n) is 10.0. The second-order valence-electron chi connectivity index (χ2n) is 15.5. The molecule has 56 heavy (non-hydrogen) atoms. The number of fused-ring (bicyclic) bond motifs is 8. The van der Waals surface area contributed by atoms with Gasteiger partial charge in [0.1, 0.15) is 5.58 Å². The zero-order valence-corrected chi connectivity index (χ0v) is 31.3. The second kappa shape index (κ2) is 13.3. The molecule has 0 bridgehead atoms. The summed E-state index contributed by atoms with van der Waals surface area (Å²) in [6, 6.07) is 68.8. The molecule has 268 valence electrons. The van der Waals surface area contributed by atoms with E-state index in [1.165, 1.54) is 82.2 Å². The van der Waals surface area contributed by atoms with Gasteiger partial charge in [-0.1, -0.05) is 177 Å². The Morgan fingerprint density at radius 3 is 1.77 bits per heavy atom. The molecule has 9 aromatic rings. The van der Waals surface area contributed by atoms with Crippen LogP contribution in [0, 0.1) is 0 Å². The van der Waals surface area contributed by atoms with Crippen molar-refractivity contribution in [1.29, 1.82) is 0 Å². The highest BCUT2D eigenvalue weighted by Gasteiger charge is 2.44. The van der Waals surface area contributed by atoms with Gasteiger partial charge in [-0.25, -0.2) is 0 Å². The van der Waals surface area contributed by atoms with E-state index in [1.54, 1.807) is 0 Å². The smallest absolute Gasteiger partial charge is 0.159 e. The first kappa shape index (κ1) is 32.8. The lowest BCUT2D eigenvalue weighted by Gasteiger charge is -2.36. The van der Waals surface area contributed by atoms with Crippen LogP contribution < -0.4 is 4.90 Å². The van der Waals surface area contributed by atoms with Crippen LogP contribution in [0.4, 0.5) is 17.1 Å². The van der Waals surface area contributed by atoms with Crippen LogP contribution >= 0.6 is 0 Å². The number of para-hydroxylation sites is 3. The molecule has 11 rings (SSSR count). The molecule has 0 saturated heterocycles. The van der Waals surface area contributed by atoms with E-state index in [9.17, 15) is 0 Å². The maximum atomic E-state index is 6.82. The molecule has 1 heterocycles. The number of benzene rings is 8. The van der Waals surface area contributed by atoms with E-state index in [0.717, 1.165) is 44.6 Å². The standard InChI is InChI=1S/C54H41NO/c1-3-18-37(19-4-1)39-20-5-6-21-40(39)41-22-7-8-23-42(41)45-25-10-13-29-50(45)55(51-30-17-27-47-46-26-11-14-31-52(46)56-53(47)51)38-32-33-44-43-24-9-12-28-48(43)54(49(44)36-38)34-15-2-16-35-54/h1,3-14,17-33,36H,2,15-16,34-35H2. The third kappa shape index (κ3) is 5.09. The number of anilines is 3. The van der Waals surface area contributed by atoms with E-state index in [-0.39, 0.29) is 5.41 Å². The summed E-state index contributed by atoms with van der Waals surface area (Å²) in [5.41, 5.74) is 18.0. The van der Waals surface area contributed by atoms with E-state index in [4.69, 9.17) is 4.42 Å². The Labute approximate surface area is 328 Å². The molecular formula is C54H41NO. The van der Waals surface area contributed by atoms with Gasteiger partial charge >= 0.3 is 0 Å². The summed E-state index contributed by atoms with van der Waals surface area (Å²) in [7, 11) is 0. The largest absolute Gasteiger partial charge is 0.454 e. The summed E-state index contributed by atoms with van der Waals surface area (Å²) < 4.78 is 6.82. The minimum absolute atomic E-state index is 0.0322. The molecular weight excluding hydrogens is 679 g/mol. The summed E-state index contributed by atoms with van der Waals surface area (Å²) in [4.78, 5) is 2.47. The first-order chi connectivity index (χ1) is 27.8. The molecule has 0 unspecified atom stereocenters. The highest BCUT2D eigenvalue weighted by Crippen LogP contribution is 2.57. The summed E-state index contributed by atoms with van der Waals surface area (Å²) in [5, 5.41) is 2.25. The van der Waals surface area contributed by atoms with Crippen molar-refractivity contribution in [3.63, 3.8) is 0 Å². The van der Waals surface area contributed by atoms with Crippen LogP contribution in [0.5, 0.6) is 0 Å². The van der Waals surface area contributed by atoms with Gasteiger partial charge in [0, 0.05) is 27.4 Å². The van der Waals surface area contributed by atoms with Gasteiger partial charge in [-0.3, -0.25) is 0 Å². The predicted octanol–water partition coefficient (Wildman–Crippen LogP) is 15.3. The summed E-state index contributed by atoms with van der Waals surface area (Å²) in [6.07, 6.45) is 6.18. The molecule has 1 saturated carbocycles. The van der Waals surface area contributed by atoms with E-state index < -0.39 is 0 Å². The zero-order valence-electron chi connectivity index (χ0n) is 31.3. The Hall–Kier alpha value is -6.64. The van der Waals surface area contributed by atoms with Crippen LogP contribution in [-0.2, 0) is 5.41 Å². The fraction of sp³-hybridized carbons (Fsp3) is 0.111. The Morgan fingerprint density at radius 1 is 0.393 bits per heavy atom. The van der Waals surface area contributed by atoms with Gasteiger partial charge in [0.25, 0.3) is 0 Å². The number of furan rings is 1. The molecule has 8 aromatic carbocycles. The number of rotatable bonds is 6. The predicted molar refractivity (Wildman–Crippen MR) is 234 cm³/mol. The molecule has 1 spiro atoms. The van der Waals surface area contributed by atoms with Crippen LogP contribution in [0.15, 0.2) is 192 Å². The average Bonchev–Trinajstić information content (AvgIpc) is 3.78. The first-order valence-corrected chi connectivity index (χ1v) is 20.1. The molecule has 0 N–H and O–H groups in total. The van der Waals surface area contributed by atoms with Crippen molar-refractivity contribution in [2.24, 2.45) is 0 Å². The monoisotopic (exact) mass is 719 g/mol. The first-order valence-electron chi connectivity index (χ1n) is 20.1. The van der Waals surface area contributed by atoms with Gasteiger partial charge in [0.15, 0.2) is 5.58 Å². The molecule has 2 aliphatic carbocycles. The molecule has 0 atom stereocenters. The maximum Gasteiger partial charge on any atom is 0.159 e. The third-order valence-electron chi connectivity index (χ3n) is 12.5. The summed E-state index contributed by atoms with van der Waals surface area (Å²) in [6.45, 7) is 0. The Balaban J connectivity index is 1.17. The van der Waals surface area contributed by atoms with Crippen molar-refractivity contribution >= 4 is 39.0 Å². The van der Waals surface area contributed by atoms with E-state index in [0.29, 0.717) is 0 Å². The van der Waals surface area contributed by atoms with E-state index in [2.05, 4.69) is 193 Å². The molecule has 1 fully saturated rings. The molecule has 2 aliphatic rings. The highest BCUT2D eigenvalue weighted by molar-refractivity contribution is 6.11. The SMILES string of the molecule is c1ccc(-c2ccccc2-c2ccccc2-c2ccccc2N(c2ccc3c(c2)C2(CCCCC2)c2ccccc2-3)c2cccc3c2oc2ccccc23)cc1. The molecule has 0 amide bonds. The van der Waals surface area contributed by atoms with Crippen molar-refractivity contribution in [2.45, 2.75) is 37.5 Å². The molecule has 2 heteroatoms. The minimum atomic E-state index is 0.0322. The maximum absolute atomic E-state index is 6.82. The molecule has 1 aromatic heterocycles. The average molecular weight is 720 g/mol. The normalized spacial score (nSPS) is 14.2. The molecule has 0 aliphatic heterocycles. The fourth-order valence-corrected chi connectivity index (χ4v) is 10.0. The third-order valence-corrected chi connectivity index (χ3v) is 12.5. The van der Waals surface area contributed by atoms with Crippen molar-refractivity contribution < 1.29 is 4.42 Å². The van der Waals surface area contributed by atoms with Crippen LogP contribution in [-0.4, -0.2) is 0 Å². The van der Waals surface area contributed by atoms with Gasteiger partial charge in [-0.2, -0.15) is 0 Å². The Kier molecular flexibility index (Phi) is 7.77. The Morgan fingerprint density at radius 2 is 0.964 bits per heavy atom. The Bertz CT molecular complexity index is 2910. The summed E-state index contributed by atoms with van der Waals surface area (Å²) >= 11 is 0. The van der Waals surface area contributed by atoms with E-state index in [1.807, 2.05) is 0 Å². The van der Waals surface area contributed by atoms with Crippen molar-refractivity contribution in [3.05, 3.63) is 199 Å². The number of hydrogen-bond donors (Lipinski definition) is 0. The second-order valence-corrected chi connectivity index (χ2v) is 15.5. The van der Waals surface area contributed by atoms with Crippen LogP contribution in [0.25, 0.3) is 66.4 Å². The van der Waals surface area contributed by atoms with Gasteiger partial charge in [0.2, 0.25) is 0 Å². The minimum Gasteiger partial charge on any atom is -0.454 e. The number of nitrogens with zero attached hydrogens (tertiary/aromatic N) is 1. The van der Waals surface area contributed by atoms with Gasteiger partial charge in [-0.05, 0) is 93.2 Å². The number of hydrogen-bond acceptors (Lipinski definition) is 2. The summed E-state index contributed by atoms with van der Waals surface area (Å²) in [5.74, 6) is 0. The van der Waals surface area contributed by atoms with Crippen molar-refractivity contribution in [2.75, 3.05) is 4.90 Å². The lowest BCUT2D eigenvalue weighted by molar-refractivity contribution is 0.353. The van der Waals surface area contributed by atoms with Crippen molar-refractivity contribution in [3.8, 4) is 44.5 Å². The lowest BCUT2D eigenvalue weighted by atomic mass is 9.68. The molecule has 0 radical (unpaired) electrons. The lowest BCUT2D eigenvalue weighted by Crippen LogP contribution is -2.28. The van der Waals surface area contributed by atoms with Gasteiger partial charge in [-0.15, -0.1) is 0 Å². The molecule has 2 nitrogen and oxygen atoms in total. The zero-order chi connectivity index (χ0) is 37.1. The van der Waals surface area contributed by atoms with Gasteiger partial charge in [0.05, 0.1) is 11.4 Å². The van der Waals surface area contributed by atoms with Crippen LogP contribution in [0.2, 0.25) is 0 Å². The van der Waals surface area contributed by atoms with Gasteiger partial charge < -0.3 is 9.32 Å². The van der Waals surface area contributed by atoms with Crippen LogP contribution in [0.3, 0.4) is 0 Å². The quantitative estimate of drug-likeness (QED) is 0.170. The van der Waals surface area contributed by atoms with Crippen LogP contribution in [0.1, 0.15) is 43.2 Å². The highest BCUT2D eigenvalue weighted by atomic mass is 16.3. The van der Waals surface area contributed by atoms with Crippen molar-refractivity contribution in [1.82, 2.24) is 0 Å². The topological polar surface area (TPSA) is 16.4 Å².